The Labute approximate surface area is 121 Å². The zero-order valence-corrected chi connectivity index (χ0v) is 11.3. The molecule has 0 aliphatic rings. The normalized spacial score (nSPS) is 10.0. The molecule has 2 rings (SSSR count). The number of nitrogens with one attached hydrogen (secondary N) is 1. The van der Waals surface area contributed by atoms with E-state index in [1.807, 2.05) is 16.8 Å². The van der Waals surface area contributed by atoms with Crippen LogP contribution in [0.4, 0.5) is 11.5 Å². The smallest absolute Gasteiger partial charge is 0.289 e. The van der Waals surface area contributed by atoms with Crippen LogP contribution in [0.15, 0.2) is 31.0 Å². The van der Waals surface area contributed by atoms with Crippen LogP contribution >= 0.6 is 0 Å². The molecule has 0 aliphatic carbocycles. The first-order chi connectivity index (χ1) is 10.2. The molecule has 108 valence electrons. The zero-order valence-electron chi connectivity index (χ0n) is 11.3. The first-order valence-corrected chi connectivity index (χ1v) is 6.45. The van der Waals surface area contributed by atoms with E-state index in [1.54, 1.807) is 12.5 Å². The first kappa shape index (κ1) is 14.5. The maximum Gasteiger partial charge on any atom is 0.289 e. The van der Waals surface area contributed by atoms with Crippen LogP contribution in [0.3, 0.4) is 0 Å². The summed E-state index contributed by atoms with van der Waals surface area (Å²) in [5.74, 6) is 0.380. The lowest BCUT2D eigenvalue weighted by Gasteiger charge is -2.07. The zero-order chi connectivity index (χ0) is 15.1. The second kappa shape index (κ2) is 7.00. The Bertz CT molecular complexity index is 647. The average Bonchev–Trinajstić information content (AvgIpc) is 3.00. The summed E-state index contributed by atoms with van der Waals surface area (Å²) in [4.78, 5) is 17.9. The molecule has 2 heterocycles. The highest BCUT2D eigenvalue weighted by Crippen LogP contribution is 2.18. The van der Waals surface area contributed by atoms with Crippen molar-refractivity contribution in [2.75, 3.05) is 11.9 Å². The van der Waals surface area contributed by atoms with Crippen molar-refractivity contribution < 1.29 is 4.92 Å². The van der Waals surface area contributed by atoms with Crippen molar-refractivity contribution in [3.8, 4) is 6.07 Å². The van der Waals surface area contributed by atoms with E-state index in [9.17, 15) is 10.1 Å². The number of pyridine rings is 1. The van der Waals surface area contributed by atoms with Gasteiger partial charge in [0.1, 0.15) is 23.6 Å². The third-order valence-corrected chi connectivity index (χ3v) is 2.90. The molecular formula is C13H14N6O2. The number of imidazole rings is 1. The van der Waals surface area contributed by atoms with E-state index in [0.29, 0.717) is 12.4 Å². The molecule has 0 spiro atoms. The van der Waals surface area contributed by atoms with Crippen LogP contribution in [-0.4, -0.2) is 26.0 Å². The van der Waals surface area contributed by atoms with Crippen molar-refractivity contribution in [2.45, 2.75) is 19.4 Å². The molecule has 0 unspecified atom stereocenters. The summed E-state index contributed by atoms with van der Waals surface area (Å²) in [7, 11) is 0. The lowest BCUT2D eigenvalue weighted by Crippen LogP contribution is -2.07. The third kappa shape index (κ3) is 4.01. The van der Waals surface area contributed by atoms with E-state index < -0.39 is 4.92 Å². The van der Waals surface area contributed by atoms with Crippen molar-refractivity contribution in [2.24, 2.45) is 0 Å². The van der Waals surface area contributed by atoms with E-state index in [-0.39, 0.29) is 11.3 Å². The summed E-state index contributed by atoms with van der Waals surface area (Å²) >= 11 is 0. The predicted octanol–water partition coefficient (Wildman–Crippen LogP) is 1.95. The number of nitro groups is 1. The van der Waals surface area contributed by atoms with E-state index >= 15 is 0 Å². The molecule has 0 saturated heterocycles. The summed E-state index contributed by atoms with van der Waals surface area (Å²) in [6, 6.07) is 3.14. The molecule has 1 N–H and O–H groups in total. The molecule has 0 atom stereocenters. The van der Waals surface area contributed by atoms with Crippen molar-refractivity contribution in [1.82, 2.24) is 14.5 Å². The standard InChI is InChI=1S/C13H14N6O2/c14-8-11-7-12(19(20)21)9-17-13(11)16-3-1-2-5-18-6-4-15-10-18/h4,6-7,9-10H,1-3,5H2,(H,16,17). The summed E-state index contributed by atoms with van der Waals surface area (Å²) in [5.41, 5.74) is -0.00369. The van der Waals surface area contributed by atoms with Crippen LogP contribution in [0.25, 0.3) is 0 Å². The predicted molar refractivity (Wildman–Crippen MR) is 75.6 cm³/mol. The number of hydrogen-bond acceptors (Lipinski definition) is 6. The molecule has 2 aromatic rings. The maximum absolute atomic E-state index is 10.6. The highest BCUT2D eigenvalue weighted by atomic mass is 16.6. The summed E-state index contributed by atoms with van der Waals surface area (Å²) in [6.45, 7) is 1.52. The van der Waals surface area contributed by atoms with Gasteiger partial charge in [-0.1, -0.05) is 0 Å². The van der Waals surface area contributed by atoms with Gasteiger partial charge in [-0.05, 0) is 12.8 Å². The average molecular weight is 286 g/mol. The van der Waals surface area contributed by atoms with Gasteiger partial charge in [0.25, 0.3) is 5.69 Å². The molecule has 8 nitrogen and oxygen atoms in total. The van der Waals surface area contributed by atoms with Gasteiger partial charge in [-0.2, -0.15) is 5.26 Å². The van der Waals surface area contributed by atoms with Gasteiger partial charge in [-0.15, -0.1) is 0 Å². The fourth-order valence-corrected chi connectivity index (χ4v) is 1.82. The topological polar surface area (TPSA) is 110 Å². The Hall–Kier alpha value is -2.95. The number of hydrogen-bond donors (Lipinski definition) is 1. The van der Waals surface area contributed by atoms with E-state index in [0.717, 1.165) is 25.6 Å². The fraction of sp³-hybridized carbons (Fsp3) is 0.308. The molecule has 0 aromatic carbocycles. The Morgan fingerprint density at radius 3 is 3.00 bits per heavy atom. The van der Waals surface area contributed by atoms with Crippen LogP contribution in [0.5, 0.6) is 0 Å². The number of nitriles is 1. The largest absolute Gasteiger partial charge is 0.369 e. The highest BCUT2D eigenvalue weighted by molar-refractivity contribution is 5.55. The van der Waals surface area contributed by atoms with Crippen LogP contribution in [-0.2, 0) is 6.54 Å². The molecule has 0 bridgehead atoms. The quantitative estimate of drug-likeness (QED) is 0.473. The maximum atomic E-state index is 10.6. The van der Waals surface area contributed by atoms with Gasteiger partial charge in [-0.3, -0.25) is 10.1 Å². The van der Waals surface area contributed by atoms with Gasteiger partial charge >= 0.3 is 0 Å². The molecular weight excluding hydrogens is 272 g/mol. The van der Waals surface area contributed by atoms with Gasteiger partial charge in [0.05, 0.1) is 11.3 Å². The molecule has 0 amide bonds. The molecule has 21 heavy (non-hydrogen) atoms. The van der Waals surface area contributed by atoms with Crippen molar-refractivity contribution in [1.29, 1.82) is 5.26 Å². The van der Waals surface area contributed by atoms with E-state index in [4.69, 9.17) is 5.26 Å². The molecule has 2 aromatic heterocycles. The van der Waals surface area contributed by atoms with Crippen LogP contribution in [0.2, 0.25) is 0 Å². The van der Waals surface area contributed by atoms with Crippen LogP contribution in [0, 0.1) is 21.4 Å². The number of unbranched alkanes of at least 4 members (excludes halogenated alkanes) is 1. The van der Waals surface area contributed by atoms with Gasteiger partial charge in [0.2, 0.25) is 0 Å². The minimum absolute atomic E-state index is 0.179. The molecule has 0 saturated carbocycles. The Balaban J connectivity index is 1.83. The number of nitrogens with zero attached hydrogens (tertiary/aromatic N) is 5. The molecule has 0 fully saturated rings. The Kier molecular flexibility index (Phi) is 4.82. The second-order valence-electron chi connectivity index (χ2n) is 4.39. The fourth-order valence-electron chi connectivity index (χ4n) is 1.82. The summed E-state index contributed by atoms with van der Waals surface area (Å²) in [6.07, 6.45) is 8.39. The van der Waals surface area contributed by atoms with Gasteiger partial charge < -0.3 is 9.88 Å². The minimum Gasteiger partial charge on any atom is -0.369 e. The first-order valence-electron chi connectivity index (χ1n) is 6.45. The minimum atomic E-state index is -0.567. The second-order valence-corrected chi connectivity index (χ2v) is 4.39. The van der Waals surface area contributed by atoms with Gasteiger partial charge in [0.15, 0.2) is 0 Å². The number of aryl methyl sites for hydroxylation is 1. The lowest BCUT2D eigenvalue weighted by atomic mass is 10.2. The summed E-state index contributed by atoms with van der Waals surface area (Å²) < 4.78 is 1.99. The lowest BCUT2D eigenvalue weighted by molar-refractivity contribution is -0.385. The summed E-state index contributed by atoms with van der Waals surface area (Å²) in [5, 5.41) is 22.6. The van der Waals surface area contributed by atoms with E-state index in [1.165, 1.54) is 6.07 Å². The number of rotatable bonds is 7. The van der Waals surface area contributed by atoms with Crippen LogP contribution in [0.1, 0.15) is 18.4 Å². The van der Waals surface area contributed by atoms with Crippen molar-refractivity contribution in [3.05, 3.63) is 46.7 Å². The van der Waals surface area contributed by atoms with Gasteiger partial charge in [-0.25, -0.2) is 9.97 Å². The van der Waals surface area contributed by atoms with E-state index in [2.05, 4.69) is 15.3 Å². The SMILES string of the molecule is N#Cc1cc([N+](=O)[O-])cnc1NCCCCn1ccnc1. The monoisotopic (exact) mass is 286 g/mol. The number of aromatic nitrogens is 3. The Morgan fingerprint density at radius 1 is 1.48 bits per heavy atom. The van der Waals surface area contributed by atoms with Crippen LogP contribution < -0.4 is 5.32 Å². The third-order valence-electron chi connectivity index (χ3n) is 2.90. The molecule has 8 heteroatoms. The van der Waals surface area contributed by atoms with Crippen molar-refractivity contribution >= 4 is 11.5 Å². The highest BCUT2D eigenvalue weighted by Gasteiger charge is 2.11. The van der Waals surface area contributed by atoms with Gasteiger partial charge in [0, 0.05) is 31.5 Å². The number of anilines is 1. The molecule has 0 aliphatic heterocycles. The molecule has 0 radical (unpaired) electrons. The van der Waals surface area contributed by atoms with Crippen molar-refractivity contribution in [3.63, 3.8) is 0 Å². The Morgan fingerprint density at radius 2 is 2.33 bits per heavy atom.